The van der Waals surface area contributed by atoms with Gasteiger partial charge in [0.2, 0.25) is 0 Å². The lowest BCUT2D eigenvalue weighted by atomic mass is 10.00. The van der Waals surface area contributed by atoms with Crippen molar-refractivity contribution in [2.75, 3.05) is 39.2 Å². The van der Waals surface area contributed by atoms with E-state index >= 15 is 0 Å². The smallest absolute Gasteiger partial charge is 0.282 e. The van der Waals surface area contributed by atoms with Crippen LogP contribution in [0.15, 0.2) is 72.4 Å². The van der Waals surface area contributed by atoms with Crippen LogP contribution in [-0.4, -0.2) is 62.0 Å². The number of piperidine rings is 1. The van der Waals surface area contributed by atoms with Gasteiger partial charge < -0.3 is 14.5 Å². The topological polar surface area (TPSA) is 53.1 Å². The SMILES string of the molecule is COc1ccc(C2=C(N(C)C3CCN(C)CC3)C(=O)N(c3cccc4ccccc34)C2=O)cc1. The molecule has 0 saturated carbocycles. The van der Waals surface area contributed by atoms with Crippen molar-refractivity contribution in [3.63, 3.8) is 0 Å². The van der Waals surface area contributed by atoms with E-state index in [4.69, 9.17) is 4.74 Å². The molecule has 3 aromatic rings. The van der Waals surface area contributed by atoms with Gasteiger partial charge in [-0.05, 0) is 62.1 Å². The van der Waals surface area contributed by atoms with E-state index in [1.165, 1.54) is 4.90 Å². The molecular weight excluding hydrogens is 426 g/mol. The Morgan fingerprint density at radius 1 is 0.882 bits per heavy atom. The monoisotopic (exact) mass is 455 g/mol. The van der Waals surface area contributed by atoms with Crippen molar-refractivity contribution in [2.24, 2.45) is 0 Å². The number of likely N-dealkylation sites (tertiary alicyclic amines) is 1. The maximum Gasteiger partial charge on any atom is 0.282 e. The van der Waals surface area contributed by atoms with Crippen molar-refractivity contribution >= 4 is 33.8 Å². The van der Waals surface area contributed by atoms with Gasteiger partial charge in [0.15, 0.2) is 0 Å². The second-order valence-electron chi connectivity index (χ2n) is 9.04. The molecule has 6 heteroatoms. The van der Waals surface area contributed by atoms with Crippen molar-refractivity contribution in [3.05, 3.63) is 78.0 Å². The zero-order valence-electron chi connectivity index (χ0n) is 19.8. The number of methoxy groups -OCH3 is 1. The first kappa shape index (κ1) is 22.2. The molecule has 1 fully saturated rings. The molecule has 0 radical (unpaired) electrons. The standard InChI is InChI=1S/C28H29N3O3/c1-29-17-15-21(16-18-29)30(2)26-25(20-11-13-22(34-3)14-12-20)27(32)31(28(26)33)24-10-6-8-19-7-4-5-9-23(19)24/h4-14,21H,15-18H2,1-3H3. The van der Waals surface area contributed by atoms with Crippen LogP contribution in [0.1, 0.15) is 18.4 Å². The summed E-state index contributed by atoms with van der Waals surface area (Å²) in [5.41, 5.74) is 2.25. The quantitative estimate of drug-likeness (QED) is 0.541. The van der Waals surface area contributed by atoms with E-state index in [1.54, 1.807) is 7.11 Å². The zero-order chi connectivity index (χ0) is 23.8. The van der Waals surface area contributed by atoms with Gasteiger partial charge in [-0.3, -0.25) is 9.59 Å². The van der Waals surface area contributed by atoms with Crippen molar-refractivity contribution in [3.8, 4) is 5.75 Å². The van der Waals surface area contributed by atoms with Gasteiger partial charge in [-0.1, -0.05) is 48.5 Å². The predicted octanol–water partition coefficient (Wildman–Crippen LogP) is 4.16. The van der Waals surface area contributed by atoms with E-state index in [2.05, 4.69) is 11.9 Å². The van der Waals surface area contributed by atoms with Gasteiger partial charge in [-0.2, -0.15) is 0 Å². The highest BCUT2D eigenvalue weighted by atomic mass is 16.5. The third-order valence-electron chi connectivity index (χ3n) is 7.03. The molecule has 0 bridgehead atoms. The van der Waals surface area contributed by atoms with Crippen molar-refractivity contribution in [2.45, 2.75) is 18.9 Å². The van der Waals surface area contributed by atoms with E-state index in [0.717, 1.165) is 42.3 Å². The molecule has 2 aliphatic rings. The minimum Gasteiger partial charge on any atom is -0.497 e. The number of carbonyl (C=O) groups is 2. The number of anilines is 1. The number of carbonyl (C=O) groups excluding carboxylic acids is 2. The van der Waals surface area contributed by atoms with Crippen molar-refractivity contribution in [1.82, 2.24) is 9.80 Å². The summed E-state index contributed by atoms with van der Waals surface area (Å²) in [6.45, 7) is 1.94. The average Bonchev–Trinajstić information content (AvgIpc) is 3.13. The van der Waals surface area contributed by atoms with Crippen LogP contribution in [0.3, 0.4) is 0 Å². The van der Waals surface area contributed by atoms with Crippen molar-refractivity contribution < 1.29 is 14.3 Å². The van der Waals surface area contributed by atoms with E-state index in [-0.39, 0.29) is 17.9 Å². The van der Waals surface area contributed by atoms with Crippen LogP contribution in [0.5, 0.6) is 5.75 Å². The van der Waals surface area contributed by atoms with Crippen molar-refractivity contribution in [1.29, 1.82) is 0 Å². The summed E-state index contributed by atoms with van der Waals surface area (Å²) in [4.78, 5) is 33.6. The van der Waals surface area contributed by atoms with Gasteiger partial charge >= 0.3 is 0 Å². The second-order valence-corrected chi connectivity index (χ2v) is 9.04. The first-order valence-corrected chi connectivity index (χ1v) is 11.7. The molecule has 6 nitrogen and oxygen atoms in total. The number of hydrogen-bond donors (Lipinski definition) is 0. The molecule has 5 rings (SSSR count). The van der Waals surface area contributed by atoms with Gasteiger partial charge in [0.1, 0.15) is 11.4 Å². The van der Waals surface area contributed by atoms with E-state index < -0.39 is 0 Å². The molecule has 2 amide bonds. The summed E-state index contributed by atoms with van der Waals surface area (Å²) >= 11 is 0. The third kappa shape index (κ3) is 3.74. The summed E-state index contributed by atoms with van der Waals surface area (Å²) in [5, 5.41) is 1.87. The predicted molar refractivity (Wildman–Crippen MR) is 135 cm³/mol. The van der Waals surface area contributed by atoms with E-state index in [9.17, 15) is 9.59 Å². The molecule has 0 atom stereocenters. The van der Waals surface area contributed by atoms with Gasteiger partial charge in [0, 0.05) is 18.5 Å². The second kappa shape index (κ2) is 8.95. The fourth-order valence-corrected chi connectivity index (χ4v) is 5.05. The first-order valence-electron chi connectivity index (χ1n) is 11.7. The number of nitrogens with zero attached hydrogens (tertiary/aromatic N) is 3. The molecular formula is C28H29N3O3. The Morgan fingerprint density at radius 2 is 1.56 bits per heavy atom. The van der Waals surface area contributed by atoms with E-state index in [0.29, 0.717) is 22.7 Å². The lowest BCUT2D eigenvalue weighted by Gasteiger charge is -2.36. The number of ether oxygens (including phenoxy) is 1. The Hall–Kier alpha value is -3.64. The Morgan fingerprint density at radius 3 is 2.26 bits per heavy atom. The van der Waals surface area contributed by atoms with Gasteiger partial charge in [0.25, 0.3) is 11.8 Å². The van der Waals surface area contributed by atoms with Crippen LogP contribution in [-0.2, 0) is 9.59 Å². The summed E-state index contributed by atoms with van der Waals surface area (Å²) in [7, 11) is 5.68. The molecule has 174 valence electrons. The van der Waals surface area contributed by atoms with Crippen LogP contribution in [0.4, 0.5) is 5.69 Å². The zero-order valence-corrected chi connectivity index (χ0v) is 19.8. The highest BCUT2D eigenvalue weighted by Crippen LogP contribution is 2.38. The third-order valence-corrected chi connectivity index (χ3v) is 7.03. The molecule has 34 heavy (non-hydrogen) atoms. The summed E-state index contributed by atoms with van der Waals surface area (Å²) in [6.07, 6.45) is 1.89. The molecule has 0 unspecified atom stereocenters. The van der Waals surface area contributed by atoms with Crippen LogP contribution in [0, 0.1) is 0 Å². The Bertz CT molecular complexity index is 1270. The average molecular weight is 456 g/mol. The van der Waals surface area contributed by atoms with Crippen LogP contribution in [0.25, 0.3) is 16.3 Å². The maximum atomic E-state index is 14.0. The molecule has 3 aromatic carbocycles. The molecule has 0 N–H and O–H groups in total. The lowest BCUT2D eigenvalue weighted by Crippen LogP contribution is -2.43. The number of imide groups is 1. The minimum atomic E-state index is -0.290. The molecule has 0 aliphatic carbocycles. The van der Waals surface area contributed by atoms with Gasteiger partial charge in [-0.25, -0.2) is 4.90 Å². The number of hydrogen-bond acceptors (Lipinski definition) is 5. The van der Waals surface area contributed by atoms with Gasteiger partial charge in [-0.15, -0.1) is 0 Å². The molecule has 0 aromatic heterocycles. The van der Waals surface area contributed by atoms with Crippen LogP contribution in [0.2, 0.25) is 0 Å². The van der Waals surface area contributed by atoms with Gasteiger partial charge in [0.05, 0.1) is 18.4 Å². The number of amides is 2. The minimum absolute atomic E-state index is 0.198. The number of rotatable bonds is 5. The fourth-order valence-electron chi connectivity index (χ4n) is 5.05. The highest BCUT2D eigenvalue weighted by molar-refractivity contribution is 6.46. The Balaban J connectivity index is 1.62. The van der Waals surface area contributed by atoms with Crippen LogP contribution >= 0.6 is 0 Å². The lowest BCUT2D eigenvalue weighted by molar-refractivity contribution is -0.120. The largest absolute Gasteiger partial charge is 0.497 e. The number of benzene rings is 3. The number of likely N-dealkylation sites (N-methyl/N-ethyl adjacent to an activating group) is 1. The Labute approximate surface area is 200 Å². The normalized spacial score (nSPS) is 17.7. The first-order chi connectivity index (χ1) is 16.5. The molecule has 2 aliphatic heterocycles. The number of fused-ring (bicyclic) bond motifs is 1. The Kier molecular flexibility index (Phi) is 5.84. The fraction of sp³-hybridized carbons (Fsp3) is 0.286. The van der Waals surface area contributed by atoms with E-state index in [1.807, 2.05) is 78.7 Å². The molecule has 2 heterocycles. The van der Waals surface area contributed by atoms with Crippen LogP contribution < -0.4 is 9.64 Å². The summed E-state index contributed by atoms with van der Waals surface area (Å²) in [5.74, 6) is 0.146. The molecule has 0 spiro atoms. The summed E-state index contributed by atoms with van der Waals surface area (Å²) < 4.78 is 5.30. The summed E-state index contributed by atoms with van der Waals surface area (Å²) in [6, 6.07) is 21.1. The maximum absolute atomic E-state index is 14.0. The highest BCUT2D eigenvalue weighted by Gasteiger charge is 2.43. The molecule has 1 saturated heterocycles.